The third kappa shape index (κ3) is 2.71. The van der Waals surface area contributed by atoms with Crippen LogP contribution in [0.15, 0.2) is 24.3 Å². The molecule has 13 heavy (non-hydrogen) atoms. The summed E-state index contributed by atoms with van der Waals surface area (Å²) >= 11 is 0. The molecule has 0 aliphatic carbocycles. The summed E-state index contributed by atoms with van der Waals surface area (Å²) in [4.78, 5) is 19.0. The fraction of sp³-hybridized carbons (Fsp3) is 0. The van der Waals surface area contributed by atoms with Gasteiger partial charge in [-0.1, -0.05) is 0 Å². The van der Waals surface area contributed by atoms with Crippen LogP contribution in [0.4, 0.5) is 11.4 Å². The van der Waals surface area contributed by atoms with Crippen LogP contribution in [-0.4, -0.2) is 9.85 Å². The fourth-order valence-corrected chi connectivity index (χ4v) is 0.720. The number of nitro groups is 2. The van der Waals surface area contributed by atoms with E-state index in [0.717, 1.165) is 6.07 Å². The molecule has 0 aliphatic heterocycles. The first kappa shape index (κ1) is 11.4. The molecule has 1 aromatic rings. The first-order valence-electron chi connectivity index (χ1n) is 3.00. The second kappa shape index (κ2) is 4.41. The number of nitro benzene ring substituents is 2. The standard InChI is InChI=1S/C6H4N2O4.H2S/c9-7(10)5-2-1-3-6(4-5)8(11)12;/h1-4H;1H2. The predicted octanol–water partition coefficient (Wildman–Crippen LogP) is 1.62. The van der Waals surface area contributed by atoms with Crippen molar-refractivity contribution in [2.24, 2.45) is 0 Å². The van der Waals surface area contributed by atoms with Crippen LogP contribution in [-0.2, 0) is 0 Å². The molecule has 0 amide bonds. The first-order valence-corrected chi connectivity index (χ1v) is 3.00. The minimum Gasteiger partial charge on any atom is -0.258 e. The zero-order valence-corrected chi connectivity index (χ0v) is 7.34. The van der Waals surface area contributed by atoms with E-state index in [9.17, 15) is 20.2 Å². The van der Waals surface area contributed by atoms with Crippen molar-refractivity contribution in [1.29, 1.82) is 0 Å². The third-order valence-corrected chi connectivity index (χ3v) is 1.25. The summed E-state index contributed by atoms with van der Waals surface area (Å²) in [7, 11) is 0. The van der Waals surface area contributed by atoms with Gasteiger partial charge in [0.15, 0.2) is 0 Å². The Morgan fingerprint density at radius 2 is 1.38 bits per heavy atom. The molecule has 0 saturated carbocycles. The van der Waals surface area contributed by atoms with Crippen LogP contribution in [0.2, 0.25) is 0 Å². The molecule has 6 nitrogen and oxygen atoms in total. The van der Waals surface area contributed by atoms with Gasteiger partial charge in [-0.15, -0.1) is 0 Å². The fourth-order valence-electron chi connectivity index (χ4n) is 0.720. The van der Waals surface area contributed by atoms with E-state index in [1.165, 1.54) is 18.2 Å². The Morgan fingerprint density at radius 3 is 1.69 bits per heavy atom. The number of benzene rings is 1. The highest BCUT2D eigenvalue weighted by Crippen LogP contribution is 2.18. The van der Waals surface area contributed by atoms with Crippen molar-refractivity contribution in [3.05, 3.63) is 44.5 Å². The average molecular weight is 202 g/mol. The Labute approximate surface area is 79.9 Å². The first-order chi connectivity index (χ1) is 5.61. The predicted molar refractivity (Wildman–Crippen MR) is 50.1 cm³/mol. The molecule has 0 atom stereocenters. The molecular formula is C6H6N2O4S. The lowest BCUT2D eigenvalue weighted by atomic mass is 10.3. The molecule has 1 aromatic carbocycles. The van der Waals surface area contributed by atoms with E-state index < -0.39 is 9.85 Å². The van der Waals surface area contributed by atoms with E-state index in [1.807, 2.05) is 0 Å². The molecule has 0 N–H and O–H groups in total. The molecule has 0 heterocycles. The topological polar surface area (TPSA) is 86.3 Å². The molecular weight excluding hydrogens is 196 g/mol. The number of hydrogen-bond donors (Lipinski definition) is 0. The molecule has 0 aromatic heterocycles. The summed E-state index contributed by atoms with van der Waals surface area (Å²) in [6.45, 7) is 0. The van der Waals surface area contributed by atoms with Crippen LogP contribution < -0.4 is 0 Å². The maximum absolute atomic E-state index is 10.2. The van der Waals surface area contributed by atoms with Crippen LogP contribution in [0.25, 0.3) is 0 Å². The van der Waals surface area contributed by atoms with Gasteiger partial charge in [0.1, 0.15) is 0 Å². The second-order valence-electron chi connectivity index (χ2n) is 2.03. The Bertz CT molecular complexity index is 312. The van der Waals surface area contributed by atoms with Gasteiger partial charge in [0.2, 0.25) is 0 Å². The lowest BCUT2D eigenvalue weighted by molar-refractivity contribution is -0.394. The van der Waals surface area contributed by atoms with Gasteiger partial charge in [-0.05, 0) is 6.07 Å². The Balaban J connectivity index is 0.00000144. The minimum atomic E-state index is -0.674. The Morgan fingerprint density at radius 1 is 1.00 bits per heavy atom. The van der Waals surface area contributed by atoms with Gasteiger partial charge >= 0.3 is 0 Å². The quantitative estimate of drug-likeness (QED) is 0.538. The summed E-state index contributed by atoms with van der Waals surface area (Å²) in [5, 5.41) is 20.3. The Hall–Kier alpha value is -1.63. The Kier molecular flexibility index (Phi) is 3.86. The molecule has 1 rings (SSSR count). The van der Waals surface area contributed by atoms with E-state index in [-0.39, 0.29) is 24.9 Å². The van der Waals surface area contributed by atoms with Gasteiger partial charge in [-0.25, -0.2) is 0 Å². The maximum Gasteiger partial charge on any atom is 0.276 e. The lowest BCUT2D eigenvalue weighted by Gasteiger charge is -1.90. The summed E-state index contributed by atoms with van der Waals surface area (Å²) in [6, 6.07) is 4.59. The highest BCUT2D eigenvalue weighted by atomic mass is 32.1. The summed E-state index contributed by atoms with van der Waals surface area (Å²) in [5.41, 5.74) is -0.548. The van der Waals surface area contributed by atoms with Gasteiger partial charge in [0.05, 0.1) is 15.9 Å². The normalized spacial score (nSPS) is 8.62. The summed E-state index contributed by atoms with van der Waals surface area (Å²) in [5.74, 6) is 0. The van der Waals surface area contributed by atoms with Crippen LogP contribution in [0, 0.1) is 20.2 Å². The van der Waals surface area contributed by atoms with Gasteiger partial charge in [-0.2, -0.15) is 13.5 Å². The van der Waals surface area contributed by atoms with E-state index in [2.05, 4.69) is 0 Å². The van der Waals surface area contributed by atoms with Crippen LogP contribution >= 0.6 is 13.5 Å². The van der Waals surface area contributed by atoms with Gasteiger partial charge in [0, 0.05) is 12.1 Å². The average Bonchev–Trinajstić information content (AvgIpc) is 2.04. The van der Waals surface area contributed by atoms with Gasteiger partial charge < -0.3 is 0 Å². The van der Waals surface area contributed by atoms with E-state index in [4.69, 9.17) is 0 Å². The molecule has 0 unspecified atom stereocenters. The molecule has 0 spiro atoms. The SMILES string of the molecule is O=[N+]([O-])c1cccc([N+](=O)[O-])c1.S. The van der Waals surface area contributed by atoms with Crippen molar-refractivity contribution in [3.63, 3.8) is 0 Å². The van der Waals surface area contributed by atoms with Crippen molar-refractivity contribution in [3.8, 4) is 0 Å². The highest BCUT2D eigenvalue weighted by molar-refractivity contribution is 7.59. The van der Waals surface area contributed by atoms with E-state index >= 15 is 0 Å². The number of hydrogen-bond acceptors (Lipinski definition) is 4. The van der Waals surface area contributed by atoms with Crippen molar-refractivity contribution in [2.45, 2.75) is 0 Å². The zero-order chi connectivity index (χ0) is 9.14. The molecule has 0 saturated heterocycles. The summed E-state index contributed by atoms with van der Waals surface area (Å²) in [6.07, 6.45) is 0. The third-order valence-electron chi connectivity index (χ3n) is 1.25. The minimum absolute atomic E-state index is 0. The lowest BCUT2D eigenvalue weighted by Crippen LogP contribution is -1.91. The largest absolute Gasteiger partial charge is 0.276 e. The van der Waals surface area contributed by atoms with Crippen molar-refractivity contribution >= 4 is 24.9 Å². The smallest absolute Gasteiger partial charge is 0.258 e. The monoisotopic (exact) mass is 202 g/mol. The summed E-state index contributed by atoms with van der Waals surface area (Å²) < 4.78 is 0. The van der Waals surface area contributed by atoms with E-state index in [1.54, 1.807) is 0 Å². The van der Waals surface area contributed by atoms with Crippen LogP contribution in [0.1, 0.15) is 0 Å². The van der Waals surface area contributed by atoms with Crippen LogP contribution in [0.5, 0.6) is 0 Å². The maximum atomic E-state index is 10.2. The molecule has 0 fully saturated rings. The molecule has 0 radical (unpaired) electrons. The molecule has 0 bridgehead atoms. The van der Waals surface area contributed by atoms with E-state index in [0.29, 0.717) is 0 Å². The van der Waals surface area contributed by atoms with Crippen LogP contribution in [0.3, 0.4) is 0 Å². The molecule has 0 aliphatic rings. The van der Waals surface area contributed by atoms with Gasteiger partial charge in [0.25, 0.3) is 11.4 Å². The molecule has 7 heteroatoms. The number of non-ortho nitro benzene ring substituents is 2. The number of rotatable bonds is 2. The van der Waals surface area contributed by atoms with Crippen molar-refractivity contribution in [2.75, 3.05) is 0 Å². The van der Waals surface area contributed by atoms with Gasteiger partial charge in [-0.3, -0.25) is 20.2 Å². The number of nitrogens with zero attached hydrogens (tertiary/aromatic N) is 2. The van der Waals surface area contributed by atoms with Crippen molar-refractivity contribution < 1.29 is 9.85 Å². The highest BCUT2D eigenvalue weighted by Gasteiger charge is 2.11. The molecule has 70 valence electrons. The van der Waals surface area contributed by atoms with Crippen molar-refractivity contribution in [1.82, 2.24) is 0 Å². The second-order valence-corrected chi connectivity index (χ2v) is 2.03. The zero-order valence-electron chi connectivity index (χ0n) is 6.34.